The van der Waals surface area contributed by atoms with Crippen LogP contribution in [0.25, 0.3) is 0 Å². The van der Waals surface area contributed by atoms with Crippen LogP contribution in [0.4, 0.5) is 0 Å². The molecule has 0 saturated carbocycles. The quantitative estimate of drug-likeness (QED) is 0.248. The van der Waals surface area contributed by atoms with E-state index in [1.54, 1.807) is 0 Å². The maximum atomic E-state index is 5.78. The van der Waals surface area contributed by atoms with Gasteiger partial charge in [-0.05, 0) is 25.6 Å². The number of epoxide rings is 1. The average molecular weight is 262 g/mol. The van der Waals surface area contributed by atoms with Crippen LogP contribution in [0.15, 0.2) is 0 Å². The second kappa shape index (κ2) is 8.21. The smallest absolute Gasteiger partial charge is 0.189 e. The molecule has 0 aliphatic carbocycles. The molecule has 17 heavy (non-hydrogen) atoms. The Kier molecular flexibility index (Phi) is 7.30. The maximum Gasteiger partial charge on any atom is 0.189 e. The molecule has 1 heterocycles. The van der Waals surface area contributed by atoms with E-state index in [1.807, 2.05) is 0 Å². The molecule has 0 radical (unpaired) electrons. The fraction of sp³-hybridized carbons (Fsp3) is 1.00. The van der Waals surface area contributed by atoms with E-state index in [2.05, 4.69) is 20.0 Å². The third-order valence-electron chi connectivity index (χ3n) is 2.67. The summed E-state index contributed by atoms with van der Waals surface area (Å²) in [5, 5.41) is 0. The molecule has 1 unspecified atom stereocenters. The fourth-order valence-electron chi connectivity index (χ4n) is 1.58. The van der Waals surface area contributed by atoms with Crippen LogP contribution < -0.4 is 0 Å². The zero-order chi connectivity index (χ0) is 12.6. The van der Waals surface area contributed by atoms with E-state index in [-0.39, 0.29) is 0 Å². The Bertz CT molecular complexity index is 195. The van der Waals surface area contributed by atoms with Gasteiger partial charge in [-0.15, -0.1) is 0 Å². The van der Waals surface area contributed by atoms with Crippen molar-refractivity contribution >= 4 is 8.32 Å². The van der Waals surface area contributed by atoms with Gasteiger partial charge in [0.25, 0.3) is 0 Å². The number of rotatable bonds is 11. The van der Waals surface area contributed by atoms with E-state index in [4.69, 9.17) is 18.6 Å². The predicted molar refractivity (Wildman–Crippen MR) is 69.7 cm³/mol. The van der Waals surface area contributed by atoms with Crippen molar-refractivity contribution in [3.8, 4) is 0 Å². The molecule has 0 aromatic heterocycles. The molecule has 0 amide bonds. The largest absolute Gasteiger partial charge is 0.395 e. The molecule has 1 atom stereocenters. The molecule has 102 valence electrons. The summed E-state index contributed by atoms with van der Waals surface area (Å²) in [6, 6.07) is 1.20. The lowest BCUT2D eigenvalue weighted by Gasteiger charge is -2.21. The minimum Gasteiger partial charge on any atom is -0.395 e. The lowest BCUT2D eigenvalue weighted by atomic mass is 10.5. The van der Waals surface area contributed by atoms with Crippen molar-refractivity contribution in [2.45, 2.75) is 45.0 Å². The monoisotopic (exact) mass is 262 g/mol. The second-order valence-corrected chi connectivity index (χ2v) is 9.37. The normalized spacial score (nSPS) is 19.6. The molecule has 1 fully saturated rings. The van der Waals surface area contributed by atoms with E-state index in [0.29, 0.717) is 19.5 Å². The summed E-state index contributed by atoms with van der Waals surface area (Å²) < 4.78 is 21.7. The highest BCUT2D eigenvalue weighted by Crippen LogP contribution is 2.13. The number of ether oxygens (including phenoxy) is 3. The Morgan fingerprint density at radius 1 is 1.24 bits per heavy atom. The van der Waals surface area contributed by atoms with Crippen molar-refractivity contribution in [1.82, 2.24) is 0 Å². The maximum absolute atomic E-state index is 5.78. The molecule has 1 aliphatic rings. The summed E-state index contributed by atoms with van der Waals surface area (Å²) in [5.41, 5.74) is 0. The van der Waals surface area contributed by atoms with Gasteiger partial charge in [0, 0.05) is 6.61 Å². The summed E-state index contributed by atoms with van der Waals surface area (Å²) in [5.74, 6) is 0. The topological polar surface area (TPSA) is 40.2 Å². The Hall–Kier alpha value is 0.0569. The van der Waals surface area contributed by atoms with Crippen molar-refractivity contribution in [2.75, 3.05) is 33.2 Å². The van der Waals surface area contributed by atoms with Crippen LogP contribution in [0, 0.1) is 0 Å². The van der Waals surface area contributed by atoms with Gasteiger partial charge in [-0.2, -0.15) is 0 Å². The third-order valence-corrected chi connectivity index (χ3v) is 5.27. The van der Waals surface area contributed by atoms with E-state index in [9.17, 15) is 0 Å². The first kappa shape index (κ1) is 15.1. The van der Waals surface area contributed by atoms with Crippen molar-refractivity contribution < 1.29 is 18.6 Å². The summed E-state index contributed by atoms with van der Waals surface area (Å²) >= 11 is 0. The van der Waals surface area contributed by atoms with E-state index >= 15 is 0 Å². The minimum atomic E-state index is -1.46. The molecular formula is C12H26O4Si. The molecule has 1 aliphatic heterocycles. The zero-order valence-corrected chi connectivity index (χ0v) is 12.4. The molecule has 0 bridgehead atoms. The molecule has 0 N–H and O–H groups in total. The van der Waals surface area contributed by atoms with Gasteiger partial charge in [-0.25, -0.2) is 0 Å². The Morgan fingerprint density at radius 3 is 2.59 bits per heavy atom. The molecule has 1 rings (SSSR count). The third kappa shape index (κ3) is 8.74. The van der Waals surface area contributed by atoms with Crippen molar-refractivity contribution in [3.05, 3.63) is 0 Å². The average Bonchev–Trinajstić information content (AvgIpc) is 3.05. The Morgan fingerprint density at radius 2 is 1.94 bits per heavy atom. The Labute approximate surface area is 106 Å². The SMILES string of the molecule is CCC[Si](C)(C)OCOCCCOCC1CO1. The summed E-state index contributed by atoms with van der Waals surface area (Å²) in [6.45, 7) is 10.1. The zero-order valence-electron chi connectivity index (χ0n) is 11.4. The first-order valence-corrected chi connectivity index (χ1v) is 9.66. The number of hydrogen-bond acceptors (Lipinski definition) is 4. The van der Waals surface area contributed by atoms with Crippen LogP contribution in [0.5, 0.6) is 0 Å². The van der Waals surface area contributed by atoms with Gasteiger partial charge in [0.05, 0.1) is 19.8 Å². The van der Waals surface area contributed by atoms with Gasteiger partial charge in [0.1, 0.15) is 12.9 Å². The van der Waals surface area contributed by atoms with Crippen LogP contribution in [-0.4, -0.2) is 47.6 Å². The first-order chi connectivity index (χ1) is 8.14. The predicted octanol–water partition coefficient (Wildman–Crippen LogP) is 2.40. The highest BCUT2D eigenvalue weighted by atomic mass is 28.4. The number of hydrogen-bond donors (Lipinski definition) is 0. The Balaban J connectivity index is 1.79. The van der Waals surface area contributed by atoms with Gasteiger partial charge in [-0.1, -0.05) is 13.3 Å². The van der Waals surface area contributed by atoms with Crippen LogP contribution in [0.1, 0.15) is 19.8 Å². The summed E-state index contributed by atoms with van der Waals surface area (Å²) in [7, 11) is -1.46. The van der Waals surface area contributed by atoms with Crippen LogP contribution in [0.2, 0.25) is 19.1 Å². The molecule has 0 aromatic carbocycles. The van der Waals surface area contributed by atoms with Crippen LogP contribution >= 0.6 is 0 Å². The molecule has 0 spiro atoms. The second-order valence-electron chi connectivity index (χ2n) is 5.06. The standard InChI is InChI=1S/C12H26O4Si/c1-4-8-17(2,3)16-11-14-7-5-6-13-9-12-10-15-12/h12H,4-11H2,1-3H3. The molecule has 5 heteroatoms. The molecule has 0 aromatic rings. The minimum absolute atomic E-state index is 0.361. The van der Waals surface area contributed by atoms with E-state index in [1.165, 1.54) is 12.5 Å². The van der Waals surface area contributed by atoms with Gasteiger partial charge in [0.15, 0.2) is 8.32 Å². The highest BCUT2D eigenvalue weighted by Gasteiger charge is 2.22. The van der Waals surface area contributed by atoms with Crippen molar-refractivity contribution in [3.63, 3.8) is 0 Å². The lowest BCUT2D eigenvalue weighted by molar-refractivity contribution is -0.00181. The highest BCUT2D eigenvalue weighted by molar-refractivity contribution is 6.71. The summed E-state index contributed by atoms with van der Waals surface area (Å²) in [6.07, 6.45) is 2.47. The van der Waals surface area contributed by atoms with Crippen LogP contribution in [0.3, 0.4) is 0 Å². The van der Waals surface area contributed by atoms with Gasteiger partial charge in [-0.3, -0.25) is 0 Å². The lowest BCUT2D eigenvalue weighted by Crippen LogP contribution is -2.31. The van der Waals surface area contributed by atoms with Crippen molar-refractivity contribution in [1.29, 1.82) is 0 Å². The van der Waals surface area contributed by atoms with Gasteiger partial charge in [0.2, 0.25) is 0 Å². The van der Waals surface area contributed by atoms with Crippen molar-refractivity contribution in [2.24, 2.45) is 0 Å². The molecule has 4 nitrogen and oxygen atoms in total. The fourth-order valence-corrected chi connectivity index (χ4v) is 3.33. The van der Waals surface area contributed by atoms with E-state index in [0.717, 1.165) is 26.2 Å². The van der Waals surface area contributed by atoms with Gasteiger partial charge >= 0.3 is 0 Å². The first-order valence-electron chi connectivity index (χ1n) is 6.55. The molecule has 1 saturated heterocycles. The van der Waals surface area contributed by atoms with E-state index < -0.39 is 8.32 Å². The molecular weight excluding hydrogens is 236 g/mol. The van der Waals surface area contributed by atoms with Gasteiger partial charge < -0.3 is 18.6 Å². The van der Waals surface area contributed by atoms with Crippen LogP contribution in [-0.2, 0) is 18.6 Å². The summed E-state index contributed by atoms with van der Waals surface area (Å²) in [4.78, 5) is 0.